The van der Waals surface area contributed by atoms with Gasteiger partial charge in [0.2, 0.25) is 0 Å². The zero-order valence-electron chi connectivity index (χ0n) is 11.1. The fraction of sp³-hybridized carbons (Fsp3) is 0.0667. The molecule has 1 aromatic carbocycles. The number of hydrogen-bond acceptors (Lipinski definition) is 4. The average molecular weight is 299 g/mol. The van der Waals surface area contributed by atoms with Crippen LogP contribution in [0.4, 0.5) is 5.69 Å². The number of carbonyl (C=O) groups is 1. The lowest BCUT2D eigenvalue weighted by molar-refractivity contribution is 0.0697. The van der Waals surface area contributed by atoms with Crippen LogP contribution < -0.4 is 5.32 Å². The molecule has 0 radical (unpaired) electrons. The second kappa shape index (κ2) is 5.80. The standard InChI is InChI=1S/C15H13N3O2S/c19-15(20)11-8-12(21-10-11)9-16-13-4-1-2-5-14(13)18-7-3-6-17-18/h1-8,10,16H,9H2,(H,19,20). The SMILES string of the molecule is O=C(O)c1csc(CNc2ccccc2-n2cccn2)c1. The Morgan fingerprint density at radius 2 is 2.19 bits per heavy atom. The molecule has 2 aromatic heterocycles. The number of thiophene rings is 1. The molecule has 21 heavy (non-hydrogen) atoms. The minimum Gasteiger partial charge on any atom is -0.478 e. The Bertz CT molecular complexity index is 750. The Labute approximate surface area is 125 Å². The average Bonchev–Trinajstić information content (AvgIpc) is 3.17. The van der Waals surface area contributed by atoms with Crippen LogP contribution in [0.1, 0.15) is 15.2 Å². The molecule has 2 heterocycles. The van der Waals surface area contributed by atoms with Gasteiger partial charge in [0.05, 0.1) is 16.9 Å². The number of aromatic nitrogens is 2. The highest BCUT2D eigenvalue weighted by Gasteiger charge is 2.08. The van der Waals surface area contributed by atoms with Crippen LogP contribution in [0.2, 0.25) is 0 Å². The third kappa shape index (κ3) is 2.95. The van der Waals surface area contributed by atoms with Gasteiger partial charge in [0.1, 0.15) is 0 Å². The van der Waals surface area contributed by atoms with Crippen LogP contribution in [-0.4, -0.2) is 20.9 Å². The maximum Gasteiger partial charge on any atom is 0.336 e. The smallest absolute Gasteiger partial charge is 0.336 e. The van der Waals surface area contributed by atoms with Crippen LogP contribution in [0.15, 0.2) is 54.2 Å². The van der Waals surface area contributed by atoms with E-state index in [2.05, 4.69) is 10.4 Å². The van der Waals surface area contributed by atoms with Crippen LogP contribution in [0, 0.1) is 0 Å². The van der Waals surface area contributed by atoms with E-state index in [0.29, 0.717) is 12.1 Å². The number of benzene rings is 1. The van der Waals surface area contributed by atoms with Gasteiger partial charge >= 0.3 is 5.97 Å². The summed E-state index contributed by atoms with van der Waals surface area (Å²) in [5.41, 5.74) is 2.24. The predicted molar refractivity (Wildman–Crippen MR) is 82.2 cm³/mol. The Kier molecular flexibility index (Phi) is 3.70. The molecule has 0 unspecified atom stereocenters. The first-order chi connectivity index (χ1) is 10.2. The molecule has 0 aliphatic carbocycles. The van der Waals surface area contributed by atoms with E-state index in [9.17, 15) is 4.79 Å². The molecule has 0 saturated carbocycles. The number of carboxylic acids is 1. The summed E-state index contributed by atoms with van der Waals surface area (Å²) in [6.45, 7) is 0.580. The van der Waals surface area contributed by atoms with E-state index in [1.54, 1.807) is 22.3 Å². The summed E-state index contributed by atoms with van der Waals surface area (Å²) in [7, 11) is 0. The number of rotatable bonds is 5. The zero-order valence-corrected chi connectivity index (χ0v) is 11.9. The van der Waals surface area contributed by atoms with E-state index in [-0.39, 0.29) is 0 Å². The van der Waals surface area contributed by atoms with Gasteiger partial charge in [-0.15, -0.1) is 11.3 Å². The summed E-state index contributed by atoms with van der Waals surface area (Å²) in [6, 6.07) is 11.4. The van der Waals surface area contributed by atoms with E-state index in [4.69, 9.17) is 5.11 Å². The van der Waals surface area contributed by atoms with Crippen molar-refractivity contribution in [1.29, 1.82) is 0 Å². The van der Waals surface area contributed by atoms with Gasteiger partial charge in [-0.25, -0.2) is 9.48 Å². The molecular formula is C15H13N3O2S. The molecule has 5 nitrogen and oxygen atoms in total. The molecule has 106 valence electrons. The number of nitrogens with zero attached hydrogens (tertiary/aromatic N) is 2. The molecule has 0 spiro atoms. The summed E-state index contributed by atoms with van der Waals surface area (Å²) < 4.78 is 1.79. The first-order valence-corrected chi connectivity index (χ1v) is 7.25. The van der Waals surface area contributed by atoms with Crippen molar-refractivity contribution in [3.63, 3.8) is 0 Å². The van der Waals surface area contributed by atoms with E-state index < -0.39 is 5.97 Å². The fourth-order valence-electron chi connectivity index (χ4n) is 2.00. The maximum absolute atomic E-state index is 10.9. The second-order valence-corrected chi connectivity index (χ2v) is 5.42. The largest absolute Gasteiger partial charge is 0.478 e. The van der Waals surface area contributed by atoms with Crippen molar-refractivity contribution in [2.24, 2.45) is 0 Å². The molecule has 0 atom stereocenters. The summed E-state index contributed by atoms with van der Waals surface area (Å²) in [4.78, 5) is 11.8. The minimum absolute atomic E-state index is 0.331. The normalized spacial score (nSPS) is 10.5. The Hall–Kier alpha value is -2.60. The summed E-state index contributed by atoms with van der Waals surface area (Å²) in [5.74, 6) is -0.894. The van der Waals surface area contributed by atoms with Gasteiger partial charge in [-0.2, -0.15) is 5.10 Å². The van der Waals surface area contributed by atoms with Crippen molar-refractivity contribution in [2.75, 3.05) is 5.32 Å². The van der Waals surface area contributed by atoms with Crippen molar-refractivity contribution in [1.82, 2.24) is 9.78 Å². The highest BCUT2D eigenvalue weighted by molar-refractivity contribution is 7.10. The molecule has 0 bridgehead atoms. The highest BCUT2D eigenvalue weighted by Crippen LogP contribution is 2.21. The number of hydrogen-bond donors (Lipinski definition) is 2. The van der Waals surface area contributed by atoms with Gasteiger partial charge in [0.15, 0.2) is 0 Å². The number of carboxylic acid groups (broad SMARTS) is 1. The van der Waals surface area contributed by atoms with Gasteiger partial charge in [-0.3, -0.25) is 0 Å². The molecule has 0 aliphatic heterocycles. The fourth-order valence-corrected chi connectivity index (χ4v) is 2.80. The topological polar surface area (TPSA) is 67.2 Å². The predicted octanol–water partition coefficient (Wildman–Crippen LogP) is 3.24. The zero-order chi connectivity index (χ0) is 14.7. The van der Waals surface area contributed by atoms with E-state index in [0.717, 1.165) is 16.3 Å². The highest BCUT2D eigenvalue weighted by atomic mass is 32.1. The molecule has 0 amide bonds. The first-order valence-electron chi connectivity index (χ1n) is 6.37. The molecule has 0 fully saturated rings. The van der Waals surface area contributed by atoms with E-state index in [1.807, 2.05) is 36.5 Å². The lowest BCUT2D eigenvalue weighted by Crippen LogP contribution is -2.04. The Morgan fingerprint density at radius 1 is 1.33 bits per heavy atom. The Balaban J connectivity index is 1.77. The Morgan fingerprint density at radius 3 is 2.90 bits per heavy atom. The van der Waals surface area contributed by atoms with Gasteiger partial charge in [0, 0.05) is 29.2 Å². The number of nitrogens with one attached hydrogen (secondary N) is 1. The molecular weight excluding hydrogens is 286 g/mol. The van der Waals surface area contributed by atoms with Gasteiger partial charge in [-0.1, -0.05) is 12.1 Å². The minimum atomic E-state index is -0.894. The summed E-state index contributed by atoms with van der Waals surface area (Å²) in [5, 5.41) is 18.1. The van der Waals surface area contributed by atoms with Crippen molar-refractivity contribution in [3.05, 3.63) is 64.6 Å². The summed E-state index contributed by atoms with van der Waals surface area (Å²) in [6.07, 6.45) is 3.61. The molecule has 0 aliphatic rings. The van der Waals surface area contributed by atoms with Crippen molar-refractivity contribution >= 4 is 23.0 Å². The van der Waals surface area contributed by atoms with Crippen LogP contribution in [0.5, 0.6) is 0 Å². The van der Waals surface area contributed by atoms with E-state index >= 15 is 0 Å². The van der Waals surface area contributed by atoms with Crippen molar-refractivity contribution in [2.45, 2.75) is 6.54 Å². The first kappa shape index (κ1) is 13.4. The van der Waals surface area contributed by atoms with Crippen LogP contribution in [-0.2, 0) is 6.54 Å². The molecule has 3 aromatic rings. The number of aromatic carboxylic acids is 1. The van der Waals surface area contributed by atoms with Gasteiger partial charge in [-0.05, 0) is 24.3 Å². The quantitative estimate of drug-likeness (QED) is 0.759. The lowest BCUT2D eigenvalue weighted by Gasteiger charge is -2.11. The molecule has 2 N–H and O–H groups in total. The van der Waals surface area contributed by atoms with Crippen molar-refractivity contribution in [3.8, 4) is 5.69 Å². The van der Waals surface area contributed by atoms with Crippen LogP contribution >= 0.6 is 11.3 Å². The molecule has 6 heteroatoms. The van der Waals surface area contributed by atoms with E-state index in [1.165, 1.54) is 11.3 Å². The molecule has 3 rings (SSSR count). The third-order valence-electron chi connectivity index (χ3n) is 3.01. The second-order valence-electron chi connectivity index (χ2n) is 4.43. The number of anilines is 1. The van der Waals surface area contributed by atoms with Gasteiger partial charge in [0.25, 0.3) is 0 Å². The molecule has 0 saturated heterocycles. The maximum atomic E-state index is 10.9. The van der Waals surface area contributed by atoms with Crippen LogP contribution in [0.3, 0.4) is 0 Å². The van der Waals surface area contributed by atoms with Crippen LogP contribution in [0.25, 0.3) is 5.69 Å². The number of para-hydroxylation sites is 2. The lowest BCUT2D eigenvalue weighted by atomic mass is 10.2. The van der Waals surface area contributed by atoms with Crippen molar-refractivity contribution < 1.29 is 9.90 Å². The summed E-state index contributed by atoms with van der Waals surface area (Å²) >= 11 is 1.43. The monoisotopic (exact) mass is 299 g/mol. The van der Waals surface area contributed by atoms with Gasteiger partial charge < -0.3 is 10.4 Å². The third-order valence-corrected chi connectivity index (χ3v) is 3.95.